The van der Waals surface area contributed by atoms with Crippen LogP contribution in [0.5, 0.6) is 0 Å². The summed E-state index contributed by atoms with van der Waals surface area (Å²) in [5.41, 5.74) is 0.303. The summed E-state index contributed by atoms with van der Waals surface area (Å²) < 4.78 is 7.67. The third-order valence-electron chi connectivity index (χ3n) is 7.03. The molecule has 152 valence electrons. The molecule has 3 rings (SSSR count). The number of ether oxygens (including phenoxy) is 1. The van der Waals surface area contributed by atoms with Gasteiger partial charge >= 0.3 is 0 Å². The van der Waals surface area contributed by atoms with Gasteiger partial charge in [0.25, 0.3) is 0 Å². The monoisotopic (exact) mass is 366 g/mol. The summed E-state index contributed by atoms with van der Waals surface area (Å²) in [7, 11) is 4.70. The van der Waals surface area contributed by atoms with Crippen LogP contribution in [0.25, 0.3) is 0 Å². The number of rotatable bonds is 4. The first-order chi connectivity index (χ1) is 12.2. The zero-order valence-electron chi connectivity index (χ0n) is 18.2. The van der Waals surface area contributed by atoms with E-state index in [2.05, 4.69) is 44.7 Å². The largest absolute Gasteiger partial charge is 0.375 e. The Kier molecular flexibility index (Phi) is 6.70. The van der Waals surface area contributed by atoms with Gasteiger partial charge in [-0.15, -0.1) is 0 Å². The Bertz CT molecular complexity index is 427. The predicted octanol–water partition coefficient (Wildman–Crippen LogP) is 3.56. The number of nitrogens with zero attached hydrogens (tertiary/aromatic N) is 3. The summed E-state index contributed by atoms with van der Waals surface area (Å²) in [6.45, 7) is 14.6. The first-order valence-electron chi connectivity index (χ1n) is 11.2. The van der Waals surface area contributed by atoms with Crippen LogP contribution in [0.3, 0.4) is 0 Å². The van der Waals surface area contributed by atoms with Gasteiger partial charge in [0.1, 0.15) is 0 Å². The molecule has 0 aromatic rings. The highest BCUT2D eigenvalue weighted by molar-refractivity contribution is 4.82. The van der Waals surface area contributed by atoms with Gasteiger partial charge in [-0.3, -0.25) is 9.80 Å². The average Bonchev–Trinajstić information content (AvgIpc) is 2.58. The van der Waals surface area contributed by atoms with Gasteiger partial charge in [-0.1, -0.05) is 0 Å². The van der Waals surface area contributed by atoms with Gasteiger partial charge < -0.3 is 9.22 Å². The van der Waals surface area contributed by atoms with Crippen LogP contribution in [-0.2, 0) is 4.74 Å². The Morgan fingerprint density at radius 1 is 0.885 bits per heavy atom. The van der Waals surface area contributed by atoms with E-state index in [1.165, 1.54) is 82.2 Å². The summed E-state index contributed by atoms with van der Waals surface area (Å²) in [4.78, 5) is 5.36. The highest BCUT2D eigenvalue weighted by atomic mass is 16.5. The minimum Gasteiger partial charge on any atom is -0.375 e. The summed E-state index contributed by atoms with van der Waals surface area (Å²) in [5, 5.41) is 0. The maximum atomic E-state index is 6.49. The first-order valence-corrected chi connectivity index (χ1v) is 11.2. The van der Waals surface area contributed by atoms with Crippen LogP contribution >= 0.6 is 0 Å². The second-order valence-corrected chi connectivity index (χ2v) is 10.9. The summed E-state index contributed by atoms with van der Waals surface area (Å²) in [6.07, 6.45) is 10.2. The average molecular weight is 367 g/mol. The summed E-state index contributed by atoms with van der Waals surface area (Å²) >= 11 is 0. The van der Waals surface area contributed by atoms with Crippen molar-refractivity contribution in [3.63, 3.8) is 0 Å². The molecule has 0 N–H and O–H groups in total. The first kappa shape index (κ1) is 20.6. The van der Waals surface area contributed by atoms with Gasteiger partial charge in [0.2, 0.25) is 0 Å². The Morgan fingerprint density at radius 3 is 2.12 bits per heavy atom. The van der Waals surface area contributed by atoms with Gasteiger partial charge in [0.05, 0.1) is 46.1 Å². The molecular formula is C22H44N3O+. The second kappa shape index (κ2) is 8.46. The maximum absolute atomic E-state index is 6.49. The molecule has 0 atom stereocenters. The molecule has 4 heteroatoms. The van der Waals surface area contributed by atoms with Gasteiger partial charge in [0, 0.05) is 38.0 Å². The quantitative estimate of drug-likeness (QED) is 0.708. The minimum atomic E-state index is 0.303. The van der Waals surface area contributed by atoms with Crippen molar-refractivity contribution in [2.24, 2.45) is 5.92 Å². The lowest BCUT2D eigenvalue weighted by Gasteiger charge is -2.44. The SMILES string of the molecule is CC(C)(C)N1CCCN(CC2CCC(OC3CC[N+](C)(C)CC3)CC2)C1. The lowest BCUT2D eigenvalue weighted by atomic mass is 9.86. The molecule has 1 aliphatic carbocycles. The summed E-state index contributed by atoms with van der Waals surface area (Å²) in [5.74, 6) is 0.886. The predicted molar refractivity (Wildman–Crippen MR) is 109 cm³/mol. The molecule has 0 aromatic carbocycles. The number of likely N-dealkylation sites (tertiary alicyclic amines) is 1. The molecule has 0 aromatic heterocycles. The van der Waals surface area contributed by atoms with E-state index in [1.807, 2.05) is 0 Å². The van der Waals surface area contributed by atoms with Gasteiger partial charge in [-0.25, -0.2) is 0 Å². The van der Waals surface area contributed by atoms with Crippen LogP contribution in [0.4, 0.5) is 0 Å². The van der Waals surface area contributed by atoms with Crippen molar-refractivity contribution in [1.82, 2.24) is 9.80 Å². The number of quaternary nitrogens is 1. The van der Waals surface area contributed by atoms with Crippen LogP contribution < -0.4 is 0 Å². The lowest BCUT2D eigenvalue weighted by Crippen LogP contribution is -2.53. The van der Waals surface area contributed by atoms with Crippen LogP contribution in [0.15, 0.2) is 0 Å². The molecule has 0 radical (unpaired) electrons. The van der Waals surface area contributed by atoms with Crippen molar-refractivity contribution in [3.8, 4) is 0 Å². The lowest BCUT2D eigenvalue weighted by molar-refractivity contribution is -0.896. The van der Waals surface area contributed by atoms with Crippen LogP contribution in [0.1, 0.15) is 65.7 Å². The molecule has 3 fully saturated rings. The van der Waals surface area contributed by atoms with Crippen LogP contribution in [-0.4, -0.2) is 85.5 Å². The standard InChI is InChI=1S/C22H44N3O/c1-22(2,3)24-14-6-13-23(18-24)17-19-7-9-20(10-8-19)26-21-11-15-25(4,5)16-12-21/h19-21H,6-18H2,1-5H3/q+1. The van der Waals surface area contributed by atoms with Crippen molar-refractivity contribution < 1.29 is 9.22 Å². The van der Waals surface area contributed by atoms with Gasteiger partial charge in [-0.05, 0) is 58.8 Å². The molecular weight excluding hydrogens is 322 g/mol. The van der Waals surface area contributed by atoms with Crippen LogP contribution in [0, 0.1) is 5.92 Å². The van der Waals surface area contributed by atoms with Crippen molar-refractivity contribution >= 4 is 0 Å². The molecule has 2 aliphatic heterocycles. The highest BCUT2D eigenvalue weighted by Crippen LogP contribution is 2.30. The van der Waals surface area contributed by atoms with E-state index >= 15 is 0 Å². The minimum absolute atomic E-state index is 0.303. The highest BCUT2D eigenvalue weighted by Gasteiger charge is 2.32. The molecule has 0 amide bonds. The molecule has 0 bridgehead atoms. The van der Waals surface area contributed by atoms with E-state index in [9.17, 15) is 0 Å². The molecule has 4 nitrogen and oxygen atoms in total. The van der Waals surface area contributed by atoms with Crippen molar-refractivity contribution in [2.75, 3.05) is 53.5 Å². The van der Waals surface area contributed by atoms with E-state index in [-0.39, 0.29) is 0 Å². The molecule has 0 unspecified atom stereocenters. The van der Waals surface area contributed by atoms with E-state index in [4.69, 9.17) is 4.74 Å². The van der Waals surface area contributed by atoms with Crippen LogP contribution in [0.2, 0.25) is 0 Å². The van der Waals surface area contributed by atoms with Gasteiger partial charge in [0.15, 0.2) is 0 Å². The van der Waals surface area contributed by atoms with E-state index in [1.54, 1.807) is 0 Å². The van der Waals surface area contributed by atoms with E-state index in [0.717, 1.165) is 12.6 Å². The molecule has 0 spiro atoms. The van der Waals surface area contributed by atoms with E-state index in [0.29, 0.717) is 17.7 Å². The Balaban J connectivity index is 1.36. The third kappa shape index (κ3) is 5.92. The summed E-state index contributed by atoms with van der Waals surface area (Å²) in [6, 6.07) is 0. The molecule has 3 aliphatic rings. The smallest absolute Gasteiger partial charge is 0.0807 e. The fourth-order valence-corrected chi connectivity index (χ4v) is 5.03. The number of piperidine rings is 1. The maximum Gasteiger partial charge on any atom is 0.0807 e. The number of hydrogen-bond donors (Lipinski definition) is 0. The van der Waals surface area contributed by atoms with Crippen molar-refractivity contribution in [3.05, 3.63) is 0 Å². The zero-order valence-corrected chi connectivity index (χ0v) is 18.2. The second-order valence-electron chi connectivity index (χ2n) is 10.9. The third-order valence-corrected chi connectivity index (χ3v) is 7.03. The number of hydrogen-bond acceptors (Lipinski definition) is 3. The topological polar surface area (TPSA) is 15.7 Å². The fourth-order valence-electron chi connectivity index (χ4n) is 5.03. The molecule has 2 saturated heterocycles. The fraction of sp³-hybridized carbons (Fsp3) is 1.00. The zero-order chi connectivity index (χ0) is 18.8. The van der Waals surface area contributed by atoms with Gasteiger partial charge in [-0.2, -0.15) is 0 Å². The van der Waals surface area contributed by atoms with E-state index < -0.39 is 0 Å². The Labute approximate surface area is 162 Å². The Morgan fingerprint density at radius 2 is 1.50 bits per heavy atom. The van der Waals surface area contributed by atoms with Crippen molar-refractivity contribution in [1.29, 1.82) is 0 Å². The normalized spacial score (nSPS) is 32.7. The van der Waals surface area contributed by atoms with Crippen molar-refractivity contribution in [2.45, 2.75) is 83.5 Å². The Hall–Kier alpha value is -0.160. The molecule has 26 heavy (non-hydrogen) atoms. The molecule has 1 saturated carbocycles. The molecule has 2 heterocycles.